The molecule has 2 N–H and O–H groups in total. The monoisotopic (exact) mass is 474 g/mol. The third-order valence-electron chi connectivity index (χ3n) is 7.26. The molecule has 0 bridgehead atoms. The van der Waals surface area contributed by atoms with E-state index in [0.717, 1.165) is 35.1 Å². The van der Waals surface area contributed by atoms with Gasteiger partial charge < -0.3 is 24.8 Å². The van der Waals surface area contributed by atoms with Crippen LogP contribution in [0.2, 0.25) is 0 Å². The summed E-state index contributed by atoms with van der Waals surface area (Å²) < 4.78 is 5.45. The zero-order valence-corrected chi connectivity index (χ0v) is 20.3. The second kappa shape index (κ2) is 9.09. The van der Waals surface area contributed by atoms with Gasteiger partial charge in [0, 0.05) is 54.4 Å². The number of likely N-dealkylation sites (N-methyl/N-ethyl adjacent to an activating group) is 1. The number of benzene rings is 2. The Hall–Kier alpha value is -3.81. The number of aromatic amines is 1. The number of nitrogens with zero attached hydrogens (tertiary/aromatic N) is 2. The number of rotatable bonds is 4. The van der Waals surface area contributed by atoms with Crippen molar-refractivity contribution < 1.29 is 19.1 Å². The molecule has 1 fully saturated rings. The average molecular weight is 475 g/mol. The highest BCUT2D eigenvalue weighted by Crippen LogP contribution is 2.33. The lowest BCUT2D eigenvalue weighted by atomic mass is 9.92. The summed E-state index contributed by atoms with van der Waals surface area (Å²) in [6, 6.07) is 11.1. The largest absolute Gasteiger partial charge is 0.482 e. The second-order valence-corrected chi connectivity index (χ2v) is 9.55. The topological polar surface area (TPSA) is 94.7 Å². The minimum Gasteiger partial charge on any atom is -0.482 e. The van der Waals surface area contributed by atoms with Gasteiger partial charge in [0.1, 0.15) is 5.75 Å². The molecule has 1 saturated heterocycles. The van der Waals surface area contributed by atoms with Crippen molar-refractivity contribution >= 4 is 40.0 Å². The maximum atomic E-state index is 13.1. The molecule has 35 heavy (non-hydrogen) atoms. The van der Waals surface area contributed by atoms with Crippen LogP contribution in [0.5, 0.6) is 5.75 Å². The van der Waals surface area contributed by atoms with E-state index >= 15 is 0 Å². The van der Waals surface area contributed by atoms with Gasteiger partial charge in [-0.1, -0.05) is 0 Å². The van der Waals surface area contributed by atoms with Gasteiger partial charge in [-0.15, -0.1) is 0 Å². The van der Waals surface area contributed by atoms with Gasteiger partial charge in [-0.05, 0) is 74.6 Å². The van der Waals surface area contributed by atoms with Crippen LogP contribution in [-0.2, 0) is 9.59 Å². The summed E-state index contributed by atoms with van der Waals surface area (Å²) >= 11 is 0. The number of aromatic nitrogens is 1. The van der Waals surface area contributed by atoms with Gasteiger partial charge in [-0.3, -0.25) is 14.4 Å². The minimum atomic E-state index is -0.139. The summed E-state index contributed by atoms with van der Waals surface area (Å²) in [4.78, 5) is 44.4. The smallest absolute Gasteiger partial charge is 0.264 e. The molecule has 5 rings (SSSR count). The van der Waals surface area contributed by atoms with Gasteiger partial charge in [0.25, 0.3) is 11.8 Å². The number of carbonyl (C=O) groups is 3. The zero-order chi connectivity index (χ0) is 24.7. The van der Waals surface area contributed by atoms with Crippen molar-refractivity contribution in [3.63, 3.8) is 0 Å². The van der Waals surface area contributed by atoms with E-state index in [0.29, 0.717) is 36.5 Å². The lowest BCUT2D eigenvalue weighted by Gasteiger charge is -2.32. The molecule has 0 unspecified atom stereocenters. The van der Waals surface area contributed by atoms with Crippen LogP contribution in [0.1, 0.15) is 40.9 Å². The van der Waals surface area contributed by atoms with Crippen molar-refractivity contribution in [2.24, 2.45) is 5.92 Å². The summed E-state index contributed by atoms with van der Waals surface area (Å²) in [5.74, 6) is 0.641. The molecule has 0 atom stereocenters. The van der Waals surface area contributed by atoms with E-state index < -0.39 is 0 Å². The molecule has 1 aromatic heterocycles. The molecule has 2 aromatic carbocycles. The number of nitrogens with one attached hydrogen (secondary N) is 2. The first-order chi connectivity index (χ1) is 16.8. The van der Waals surface area contributed by atoms with Crippen molar-refractivity contribution in [1.29, 1.82) is 0 Å². The second-order valence-electron chi connectivity index (χ2n) is 9.55. The van der Waals surface area contributed by atoms with E-state index in [1.807, 2.05) is 30.0 Å². The Morgan fingerprint density at radius 3 is 2.66 bits per heavy atom. The first kappa shape index (κ1) is 23.0. The normalized spacial score (nSPS) is 16.3. The number of aryl methyl sites for hydroxylation is 2. The summed E-state index contributed by atoms with van der Waals surface area (Å²) in [7, 11) is 1.69. The van der Waals surface area contributed by atoms with Crippen molar-refractivity contribution in [1.82, 2.24) is 9.88 Å². The van der Waals surface area contributed by atoms with Gasteiger partial charge >= 0.3 is 0 Å². The number of hydrogen-bond donors (Lipinski definition) is 2. The van der Waals surface area contributed by atoms with Gasteiger partial charge in [-0.25, -0.2) is 0 Å². The number of fused-ring (bicyclic) bond motifs is 2. The Balaban J connectivity index is 1.16. The van der Waals surface area contributed by atoms with E-state index in [-0.39, 0.29) is 30.2 Å². The Morgan fingerprint density at radius 2 is 1.89 bits per heavy atom. The molecule has 2 aliphatic rings. The standard InChI is InChI=1S/C27H30N4O4/c1-16-17(2)28-22-6-5-20(14-21(16)22)29-25(32)12-18-8-10-31(11-9-18)27(34)19-4-7-24-23(13-19)30(3)26(33)15-35-24/h4-7,13-14,18,28H,8-12,15H2,1-3H3,(H,29,32). The predicted octanol–water partition coefficient (Wildman–Crippen LogP) is 4.02. The number of piperidine rings is 1. The van der Waals surface area contributed by atoms with E-state index in [1.165, 1.54) is 10.5 Å². The van der Waals surface area contributed by atoms with Crippen LogP contribution in [0.25, 0.3) is 10.9 Å². The maximum absolute atomic E-state index is 13.1. The zero-order valence-electron chi connectivity index (χ0n) is 20.3. The number of hydrogen-bond acceptors (Lipinski definition) is 4. The molecule has 3 aromatic rings. The number of likely N-dealkylation sites (tertiary alicyclic amines) is 1. The third-order valence-corrected chi connectivity index (χ3v) is 7.26. The Morgan fingerprint density at radius 1 is 1.11 bits per heavy atom. The first-order valence-electron chi connectivity index (χ1n) is 12.0. The Labute approximate surface area is 204 Å². The van der Waals surface area contributed by atoms with Gasteiger partial charge in [-0.2, -0.15) is 0 Å². The van der Waals surface area contributed by atoms with Crippen LogP contribution < -0.4 is 15.0 Å². The van der Waals surface area contributed by atoms with Crippen LogP contribution in [0, 0.1) is 19.8 Å². The molecular formula is C27H30N4O4. The minimum absolute atomic E-state index is 0.00132. The average Bonchev–Trinajstić information content (AvgIpc) is 3.14. The van der Waals surface area contributed by atoms with Crippen LogP contribution in [0.3, 0.4) is 0 Å². The summed E-state index contributed by atoms with van der Waals surface area (Å²) in [5, 5.41) is 4.16. The molecule has 8 heteroatoms. The lowest BCUT2D eigenvalue weighted by molar-refractivity contribution is -0.121. The number of amides is 3. The van der Waals surface area contributed by atoms with E-state index in [4.69, 9.17) is 4.74 Å². The van der Waals surface area contributed by atoms with Crippen molar-refractivity contribution in [2.75, 3.05) is 37.0 Å². The first-order valence-corrected chi connectivity index (χ1v) is 12.0. The molecule has 3 heterocycles. The third kappa shape index (κ3) is 4.48. The van der Waals surface area contributed by atoms with Gasteiger partial charge in [0.2, 0.25) is 5.91 Å². The summed E-state index contributed by atoms with van der Waals surface area (Å²) in [6.45, 7) is 5.34. The van der Waals surface area contributed by atoms with Crippen LogP contribution in [-0.4, -0.2) is 54.3 Å². The number of H-pyrrole nitrogens is 1. The fourth-order valence-corrected chi connectivity index (χ4v) is 4.94. The Kier molecular flexibility index (Phi) is 5.96. The van der Waals surface area contributed by atoms with Crippen molar-refractivity contribution in [2.45, 2.75) is 33.1 Å². The summed E-state index contributed by atoms with van der Waals surface area (Å²) in [6.07, 6.45) is 2.00. The molecule has 8 nitrogen and oxygen atoms in total. The molecule has 3 amide bonds. The van der Waals surface area contributed by atoms with Gasteiger partial charge in [0.05, 0.1) is 5.69 Å². The molecule has 0 radical (unpaired) electrons. The van der Waals surface area contributed by atoms with Crippen molar-refractivity contribution in [3.8, 4) is 5.75 Å². The van der Waals surface area contributed by atoms with Crippen LogP contribution in [0.15, 0.2) is 36.4 Å². The molecule has 182 valence electrons. The van der Waals surface area contributed by atoms with Crippen LogP contribution in [0.4, 0.5) is 11.4 Å². The maximum Gasteiger partial charge on any atom is 0.264 e. The number of carbonyl (C=O) groups excluding carboxylic acids is 3. The van der Waals surface area contributed by atoms with E-state index in [2.05, 4.69) is 17.2 Å². The molecule has 2 aliphatic heterocycles. The highest BCUT2D eigenvalue weighted by atomic mass is 16.5. The molecule has 0 saturated carbocycles. The highest BCUT2D eigenvalue weighted by molar-refractivity contribution is 6.01. The quantitative estimate of drug-likeness (QED) is 0.597. The fraction of sp³-hybridized carbons (Fsp3) is 0.370. The van der Waals surface area contributed by atoms with E-state index in [1.54, 1.807) is 25.2 Å². The Bertz CT molecular complexity index is 1320. The van der Waals surface area contributed by atoms with E-state index in [9.17, 15) is 14.4 Å². The SMILES string of the molecule is Cc1[nH]c2ccc(NC(=O)CC3CCN(C(=O)c4ccc5c(c4)N(C)C(=O)CO5)CC3)cc2c1C. The van der Waals surface area contributed by atoms with Crippen molar-refractivity contribution in [3.05, 3.63) is 53.2 Å². The summed E-state index contributed by atoms with van der Waals surface area (Å²) in [5.41, 5.74) is 5.35. The number of anilines is 2. The molecule has 0 aliphatic carbocycles. The molecular weight excluding hydrogens is 444 g/mol. The molecule has 0 spiro atoms. The van der Waals surface area contributed by atoms with Gasteiger partial charge in [0.15, 0.2) is 6.61 Å². The number of ether oxygens (including phenoxy) is 1. The predicted molar refractivity (Wildman–Crippen MR) is 135 cm³/mol. The van der Waals surface area contributed by atoms with Crippen LogP contribution >= 0.6 is 0 Å². The lowest BCUT2D eigenvalue weighted by Crippen LogP contribution is -2.39. The highest BCUT2D eigenvalue weighted by Gasteiger charge is 2.28. The fourth-order valence-electron chi connectivity index (χ4n) is 4.94.